The molecule has 0 aromatic heterocycles. The Morgan fingerprint density at radius 1 is 1.25 bits per heavy atom. The summed E-state index contributed by atoms with van der Waals surface area (Å²) in [6.45, 7) is 4.31. The Morgan fingerprint density at radius 2 is 2.00 bits per heavy atom. The summed E-state index contributed by atoms with van der Waals surface area (Å²) in [5, 5.41) is 6.74. The van der Waals surface area contributed by atoms with Gasteiger partial charge in [-0.15, -0.1) is 0 Å². The first-order valence-electron chi connectivity index (χ1n) is 7.40. The number of nitrogens with one attached hydrogen (secondary N) is 2. The summed E-state index contributed by atoms with van der Waals surface area (Å²) < 4.78 is 0. The van der Waals surface area contributed by atoms with Gasteiger partial charge in [-0.1, -0.05) is 44.7 Å². The molecule has 20 heavy (non-hydrogen) atoms. The minimum absolute atomic E-state index is 0.0496. The van der Waals surface area contributed by atoms with Crippen molar-refractivity contribution >= 4 is 23.2 Å². The van der Waals surface area contributed by atoms with E-state index in [0.717, 1.165) is 37.8 Å². The van der Waals surface area contributed by atoms with Crippen molar-refractivity contribution in [2.45, 2.75) is 52.0 Å². The lowest BCUT2D eigenvalue weighted by atomic mass is 10.0. The Balaban J connectivity index is 2.79. The third kappa shape index (κ3) is 5.04. The quantitative estimate of drug-likeness (QED) is 0.743. The largest absolute Gasteiger partial charge is 0.387 e. The first kappa shape index (κ1) is 16.8. The minimum Gasteiger partial charge on any atom is -0.387 e. The van der Waals surface area contributed by atoms with Gasteiger partial charge >= 0.3 is 0 Å². The van der Waals surface area contributed by atoms with Crippen molar-refractivity contribution in [2.75, 3.05) is 12.4 Å². The molecule has 0 aliphatic rings. The zero-order chi connectivity index (χ0) is 15.0. The highest BCUT2D eigenvalue weighted by Gasteiger charge is 2.15. The van der Waals surface area contributed by atoms with Crippen LogP contribution in [0, 0.1) is 0 Å². The molecule has 1 atom stereocenters. The topological polar surface area (TPSA) is 41.1 Å². The molecule has 1 unspecified atom stereocenters. The molecule has 0 bridgehead atoms. The van der Waals surface area contributed by atoms with Gasteiger partial charge in [-0.25, -0.2) is 0 Å². The maximum absolute atomic E-state index is 12.4. The molecule has 1 aromatic carbocycles. The van der Waals surface area contributed by atoms with Crippen molar-refractivity contribution in [3.8, 4) is 0 Å². The predicted octanol–water partition coefficient (Wildman–Crippen LogP) is 4.47. The van der Waals surface area contributed by atoms with Crippen molar-refractivity contribution in [3.05, 3.63) is 28.8 Å². The molecule has 0 aliphatic heterocycles. The van der Waals surface area contributed by atoms with Crippen molar-refractivity contribution < 1.29 is 4.79 Å². The van der Waals surface area contributed by atoms with Gasteiger partial charge in [-0.05, 0) is 31.0 Å². The van der Waals surface area contributed by atoms with Crippen molar-refractivity contribution in [1.82, 2.24) is 5.32 Å². The number of unbranched alkanes of at least 4 members (excludes halogenated alkanes) is 1. The summed E-state index contributed by atoms with van der Waals surface area (Å²) in [5.74, 6) is -0.0496. The van der Waals surface area contributed by atoms with E-state index in [-0.39, 0.29) is 11.9 Å². The highest BCUT2D eigenvalue weighted by atomic mass is 35.5. The number of halogens is 1. The molecule has 2 N–H and O–H groups in total. The van der Waals surface area contributed by atoms with Gasteiger partial charge in [0, 0.05) is 23.8 Å². The second-order valence-corrected chi connectivity index (χ2v) is 5.48. The van der Waals surface area contributed by atoms with Crippen LogP contribution in [-0.4, -0.2) is 19.0 Å². The van der Waals surface area contributed by atoms with E-state index in [9.17, 15) is 4.79 Å². The minimum atomic E-state index is -0.0496. The molecular formula is C16H25ClN2O. The molecule has 0 radical (unpaired) electrons. The number of amides is 1. The van der Waals surface area contributed by atoms with Crippen LogP contribution in [0.4, 0.5) is 5.69 Å². The standard InChI is InChI=1S/C16H25ClN2O/c1-4-6-8-13(7-5-2)19-16(20)14-11-12(17)9-10-15(14)18-3/h9-11,13,18H,4-8H2,1-3H3,(H,19,20). The fourth-order valence-electron chi connectivity index (χ4n) is 2.27. The van der Waals surface area contributed by atoms with E-state index in [4.69, 9.17) is 11.6 Å². The fraction of sp³-hybridized carbons (Fsp3) is 0.562. The second-order valence-electron chi connectivity index (χ2n) is 5.04. The molecule has 0 heterocycles. The van der Waals surface area contributed by atoms with Crippen LogP contribution in [-0.2, 0) is 0 Å². The molecule has 3 nitrogen and oxygen atoms in total. The number of carbonyl (C=O) groups excluding carboxylic acids is 1. The Morgan fingerprint density at radius 3 is 2.60 bits per heavy atom. The van der Waals surface area contributed by atoms with Crippen LogP contribution >= 0.6 is 11.6 Å². The van der Waals surface area contributed by atoms with E-state index < -0.39 is 0 Å². The van der Waals surface area contributed by atoms with Gasteiger partial charge in [-0.2, -0.15) is 0 Å². The summed E-state index contributed by atoms with van der Waals surface area (Å²) in [6, 6.07) is 5.57. The van der Waals surface area contributed by atoms with Crippen molar-refractivity contribution in [1.29, 1.82) is 0 Å². The lowest BCUT2D eigenvalue weighted by molar-refractivity contribution is 0.0933. The Hall–Kier alpha value is -1.22. The van der Waals surface area contributed by atoms with Crippen LogP contribution < -0.4 is 10.6 Å². The van der Waals surface area contributed by atoms with Crippen LogP contribution in [0.15, 0.2) is 18.2 Å². The first-order valence-corrected chi connectivity index (χ1v) is 7.78. The highest BCUT2D eigenvalue weighted by molar-refractivity contribution is 6.31. The van der Waals surface area contributed by atoms with Crippen LogP contribution in [0.1, 0.15) is 56.3 Å². The molecule has 1 rings (SSSR count). The molecule has 1 amide bonds. The average molecular weight is 297 g/mol. The highest BCUT2D eigenvalue weighted by Crippen LogP contribution is 2.21. The summed E-state index contributed by atoms with van der Waals surface area (Å²) in [4.78, 5) is 12.4. The van der Waals surface area contributed by atoms with E-state index in [0.29, 0.717) is 10.6 Å². The van der Waals surface area contributed by atoms with E-state index in [1.165, 1.54) is 0 Å². The van der Waals surface area contributed by atoms with Crippen LogP contribution in [0.2, 0.25) is 5.02 Å². The van der Waals surface area contributed by atoms with Crippen molar-refractivity contribution in [2.24, 2.45) is 0 Å². The lowest BCUT2D eigenvalue weighted by Crippen LogP contribution is -2.35. The molecule has 4 heteroatoms. The number of carbonyl (C=O) groups is 1. The third-order valence-corrected chi connectivity index (χ3v) is 3.61. The maximum Gasteiger partial charge on any atom is 0.253 e. The van der Waals surface area contributed by atoms with Gasteiger partial charge in [0.05, 0.1) is 5.56 Å². The van der Waals surface area contributed by atoms with Gasteiger partial charge in [0.25, 0.3) is 5.91 Å². The SMILES string of the molecule is CCCCC(CCC)NC(=O)c1cc(Cl)ccc1NC. The second kappa shape index (κ2) is 8.85. The zero-order valence-corrected chi connectivity index (χ0v) is 13.4. The molecular weight excluding hydrogens is 272 g/mol. The predicted molar refractivity (Wildman–Crippen MR) is 86.7 cm³/mol. The van der Waals surface area contributed by atoms with Gasteiger partial charge in [-0.3, -0.25) is 4.79 Å². The Bertz CT molecular complexity index is 434. The number of benzene rings is 1. The van der Waals surface area contributed by atoms with Gasteiger partial charge in [0.15, 0.2) is 0 Å². The summed E-state index contributed by atoms with van der Waals surface area (Å²) >= 11 is 5.99. The smallest absolute Gasteiger partial charge is 0.253 e. The van der Waals surface area contributed by atoms with Crippen LogP contribution in [0.3, 0.4) is 0 Å². The lowest BCUT2D eigenvalue weighted by Gasteiger charge is -2.19. The van der Waals surface area contributed by atoms with Gasteiger partial charge < -0.3 is 10.6 Å². The van der Waals surface area contributed by atoms with E-state index >= 15 is 0 Å². The van der Waals surface area contributed by atoms with Gasteiger partial charge in [0.2, 0.25) is 0 Å². The van der Waals surface area contributed by atoms with Gasteiger partial charge in [0.1, 0.15) is 0 Å². The van der Waals surface area contributed by atoms with E-state index in [1.54, 1.807) is 19.2 Å². The van der Waals surface area contributed by atoms with E-state index in [2.05, 4.69) is 24.5 Å². The molecule has 1 aromatic rings. The Kier molecular flexibility index (Phi) is 7.45. The fourth-order valence-corrected chi connectivity index (χ4v) is 2.45. The number of anilines is 1. The Labute approximate surface area is 127 Å². The average Bonchev–Trinajstić information content (AvgIpc) is 2.44. The molecule has 0 aliphatic carbocycles. The normalized spacial score (nSPS) is 12.0. The molecule has 0 spiro atoms. The zero-order valence-electron chi connectivity index (χ0n) is 12.6. The van der Waals surface area contributed by atoms with Crippen LogP contribution in [0.25, 0.3) is 0 Å². The molecule has 0 fully saturated rings. The molecule has 112 valence electrons. The van der Waals surface area contributed by atoms with E-state index in [1.807, 2.05) is 6.07 Å². The third-order valence-electron chi connectivity index (χ3n) is 3.37. The van der Waals surface area contributed by atoms with Crippen molar-refractivity contribution in [3.63, 3.8) is 0 Å². The van der Waals surface area contributed by atoms with Crippen LogP contribution in [0.5, 0.6) is 0 Å². The maximum atomic E-state index is 12.4. The first-order chi connectivity index (χ1) is 9.62. The monoisotopic (exact) mass is 296 g/mol. The summed E-state index contributed by atoms with van der Waals surface area (Å²) in [5.41, 5.74) is 1.41. The summed E-state index contributed by atoms with van der Waals surface area (Å²) in [6.07, 6.45) is 5.41. The number of rotatable bonds is 8. The number of hydrogen-bond acceptors (Lipinski definition) is 2. The summed E-state index contributed by atoms with van der Waals surface area (Å²) in [7, 11) is 1.81. The number of hydrogen-bond donors (Lipinski definition) is 2. The molecule has 0 saturated heterocycles. The molecule has 0 saturated carbocycles.